The molecule has 3 heteroatoms. The van der Waals surface area contributed by atoms with Crippen molar-refractivity contribution in [2.75, 3.05) is 5.73 Å². The van der Waals surface area contributed by atoms with E-state index in [9.17, 15) is 4.79 Å². The first kappa shape index (κ1) is 7.86. The molecule has 1 radical (unpaired) electrons. The standard InChI is InChI=1S/C10H9N2O/c1-6-5-12-8-4-2-3-7(11)9(8)10(6)13/h2-5H,11H2,1H3. The lowest BCUT2D eigenvalue weighted by molar-refractivity contribution is 0.103. The number of carbonyl (C=O) groups is 1. The molecular weight excluding hydrogens is 164 g/mol. The number of allylic oxidation sites excluding steroid dienone is 1. The maximum atomic E-state index is 11.6. The number of Topliss-reactive ketones (excluding diaryl/α,β-unsaturated/α-hetero) is 1. The van der Waals surface area contributed by atoms with Crippen LogP contribution in [0, 0.1) is 0 Å². The van der Waals surface area contributed by atoms with Gasteiger partial charge in [0, 0.05) is 17.5 Å². The lowest BCUT2D eigenvalue weighted by Crippen LogP contribution is -2.13. The van der Waals surface area contributed by atoms with Crippen molar-refractivity contribution in [1.82, 2.24) is 5.32 Å². The molecule has 1 aliphatic rings. The molecule has 0 atom stereocenters. The molecule has 1 aromatic carbocycles. The predicted molar refractivity (Wildman–Crippen MR) is 50.7 cm³/mol. The Morgan fingerprint density at radius 3 is 2.92 bits per heavy atom. The Labute approximate surface area is 76.2 Å². The zero-order chi connectivity index (χ0) is 9.42. The Balaban J connectivity index is 2.64. The molecule has 0 saturated carbocycles. The average Bonchev–Trinajstić information content (AvgIpc) is 2.12. The Morgan fingerprint density at radius 2 is 2.15 bits per heavy atom. The summed E-state index contributed by atoms with van der Waals surface area (Å²) in [5, 5.41) is 4.12. The monoisotopic (exact) mass is 173 g/mol. The van der Waals surface area contributed by atoms with E-state index in [1.54, 1.807) is 31.3 Å². The van der Waals surface area contributed by atoms with Crippen molar-refractivity contribution in [3.63, 3.8) is 0 Å². The fourth-order valence-electron chi connectivity index (χ4n) is 1.33. The van der Waals surface area contributed by atoms with Gasteiger partial charge in [-0.2, -0.15) is 0 Å². The van der Waals surface area contributed by atoms with Crippen LogP contribution in [0.3, 0.4) is 0 Å². The highest BCUT2D eigenvalue weighted by molar-refractivity contribution is 6.15. The van der Waals surface area contributed by atoms with E-state index in [-0.39, 0.29) is 5.78 Å². The number of benzene rings is 1. The largest absolute Gasteiger partial charge is 0.398 e. The van der Waals surface area contributed by atoms with Gasteiger partial charge in [-0.05, 0) is 19.1 Å². The summed E-state index contributed by atoms with van der Waals surface area (Å²) in [7, 11) is 0. The normalized spacial score (nSPS) is 14.5. The second-order valence-corrected chi connectivity index (χ2v) is 3.01. The van der Waals surface area contributed by atoms with Gasteiger partial charge >= 0.3 is 0 Å². The van der Waals surface area contributed by atoms with Crippen LogP contribution in [0.4, 0.5) is 11.4 Å². The van der Waals surface area contributed by atoms with Gasteiger partial charge in [-0.3, -0.25) is 10.1 Å². The zero-order valence-corrected chi connectivity index (χ0v) is 7.24. The van der Waals surface area contributed by atoms with Gasteiger partial charge in [0.05, 0.1) is 11.3 Å². The number of hydrogen-bond acceptors (Lipinski definition) is 2. The van der Waals surface area contributed by atoms with Gasteiger partial charge in [0.1, 0.15) is 0 Å². The molecule has 0 unspecified atom stereocenters. The molecule has 1 aromatic rings. The summed E-state index contributed by atoms with van der Waals surface area (Å²) in [4.78, 5) is 11.6. The van der Waals surface area contributed by atoms with Crippen LogP contribution in [0.15, 0.2) is 30.0 Å². The molecule has 0 bridgehead atoms. The van der Waals surface area contributed by atoms with Crippen molar-refractivity contribution in [2.24, 2.45) is 0 Å². The van der Waals surface area contributed by atoms with Crippen LogP contribution < -0.4 is 11.1 Å². The first-order valence-corrected chi connectivity index (χ1v) is 4.01. The summed E-state index contributed by atoms with van der Waals surface area (Å²) in [5.41, 5.74) is 8.01. The second-order valence-electron chi connectivity index (χ2n) is 3.01. The van der Waals surface area contributed by atoms with Crippen LogP contribution in [0.5, 0.6) is 0 Å². The third-order valence-corrected chi connectivity index (χ3v) is 2.06. The number of fused-ring (bicyclic) bond motifs is 1. The van der Waals surface area contributed by atoms with E-state index >= 15 is 0 Å². The van der Waals surface area contributed by atoms with E-state index < -0.39 is 0 Å². The number of nitrogens with two attached hydrogens (primary N) is 1. The third-order valence-electron chi connectivity index (χ3n) is 2.06. The smallest absolute Gasteiger partial charge is 0.194 e. The van der Waals surface area contributed by atoms with Crippen molar-refractivity contribution < 1.29 is 4.79 Å². The van der Waals surface area contributed by atoms with Crippen molar-refractivity contribution in [1.29, 1.82) is 0 Å². The molecule has 3 nitrogen and oxygen atoms in total. The number of carbonyl (C=O) groups excluding carboxylic acids is 1. The highest BCUT2D eigenvalue weighted by Crippen LogP contribution is 2.28. The fourth-order valence-corrected chi connectivity index (χ4v) is 1.33. The Kier molecular flexibility index (Phi) is 1.59. The van der Waals surface area contributed by atoms with Crippen molar-refractivity contribution in [3.8, 4) is 0 Å². The van der Waals surface area contributed by atoms with Crippen LogP contribution >= 0.6 is 0 Å². The van der Waals surface area contributed by atoms with Crippen LogP contribution in [-0.2, 0) is 0 Å². The summed E-state index contributed by atoms with van der Waals surface area (Å²) in [5.74, 6) is -0.0249. The van der Waals surface area contributed by atoms with Gasteiger partial charge in [0.25, 0.3) is 0 Å². The molecule has 0 aliphatic carbocycles. The maximum Gasteiger partial charge on any atom is 0.194 e. The Morgan fingerprint density at radius 1 is 1.38 bits per heavy atom. The lowest BCUT2D eigenvalue weighted by atomic mass is 9.99. The van der Waals surface area contributed by atoms with E-state index in [0.29, 0.717) is 22.5 Å². The Bertz CT molecular complexity index is 407. The fraction of sp³-hybridized carbons (Fsp3) is 0.100. The SMILES string of the molecule is CC1=C[N]c2cccc(N)c2C1=O. The molecule has 0 fully saturated rings. The number of nitrogen functional groups attached to an aromatic ring is 1. The predicted octanol–water partition coefficient (Wildman–Crippen LogP) is 1.60. The summed E-state index contributed by atoms with van der Waals surface area (Å²) in [6.07, 6.45) is 1.57. The highest BCUT2D eigenvalue weighted by atomic mass is 16.1. The van der Waals surface area contributed by atoms with Gasteiger partial charge in [0.2, 0.25) is 0 Å². The highest BCUT2D eigenvalue weighted by Gasteiger charge is 2.20. The molecule has 0 spiro atoms. The van der Waals surface area contributed by atoms with E-state index in [1.165, 1.54) is 0 Å². The minimum absolute atomic E-state index is 0.0249. The van der Waals surface area contributed by atoms with Gasteiger partial charge in [-0.1, -0.05) is 6.07 Å². The van der Waals surface area contributed by atoms with Crippen molar-refractivity contribution in [2.45, 2.75) is 6.92 Å². The minimum Gasteiger partial charge on any atom is -0.398 e. The Hall–Kier alpha value is -1.77. The van der Waals surface area contributed by atoms with E-state index in [1.807, 2.05) is 0 Å². The zero-order valence-electron chi connectivity index (χ0n) is 7.24. The molecule has 2 rings (SSSR count). The van der Waals surface area contributed by atoms with Crippen molar-refractivity contribution >= 4 is 17.2 Å². The van der Waals surface area contributed by atoms with Crippen molar-refractivity contribution in [3.05, 3.63) is 35.5 Å². The van der Waals surface area contributed by atoms with Crippen LogP contribution in [0.2, 0.25) is 0 Å². The van der Waals surface area contributed by atoms with E-state index in [0.717, 1.165) is 0 Å². The van der Waals surface area contributed by atoms with Gasteiger partial charge < -0.3 is 5.73 Å². The molecule has 2 N–H and O–H groups in total. The number of anilines is 1. The summed E-state index contributed by atoms with van der Waals surface area (Å²) < 4.78 is 0. The molecule has 13 heavy (non-hydrogen) atoms. The third kappa shape index (κ3) is 1.09. The van der Waals surface area contributed by atoms with Gasteiger partial charge in [-0.25, -0.2) is 0 Å². The number of ketones is 1. The molecule has 0 aromatic heterocycles. The molecule has 0 saturated heterocycles. The lowest BCUT2D eigenvalue weighted by Gasteiger charge is -2.14. The van der Waals surface area contributed by atoms with Gasteiger partial charge in [-0.15, -0.1) is 0 Å². The quantitative estimate of drug-likeness (QED) is 0.606. The summed E-state index contributed by atoms with van der Waals surface area (Å²) in [6, 6.07) is 5.29. The van der Waals surface area contributed by atoms with E-state index in [4.69, 9.17) is 5.73 Å². The van der Waals surface area contributed by atoms with Crippen LogP contribution in [0.25, 0.3) is 0 Å². The molecular formula is C10H9N2O. The summed E-state index contributed by atoms with van der Waals surface area (Å²) >= 11 is 0. The first-order valence-electron chi connectivity index (χ1n) is 4.01. The number of nitrogens with zero attached hydrogens (tertiary/aromatic N) is 1. The summed E-state index contributed by atoms with van der Waals surface area (Å²) in [6.45, 7) is 1.74. The number of rotatable bonds is 0. The second kappa shape index (κ2) is 2.62. The molecule has 1 aliphatic heterocycles. The topological polar surface area (TPSA) is 57.2 Å². The number of hydrogen-bond donors (Lipinski definition) is 1. The van der Waals surface area contributed by atoms with Gasteiger partial charge in [0.15, 0.2) is 5.78 Å². The molecule has 0 amide bonds. The molecule has 1 heterocycles. The first-order chi connectivity index (χ1) is 6.20. The average molecular weight is 173 g/mol. The molecule has 65 valence electrons. The minimum atomic E-state index is -0.0249. The van der Waals surface area contributed by atoms with Crippen LogP contribution in [0.1, 0.15) is 17.3 Å². The maximum absolute atomic E-state index is 11.6. The van der Waals surface area contributed by atoms with E-state index in [2.05, 4.69) is 5.32 Å². The van der Waals surface area contributed by atoms with Crippen LogP contribution in [-0.4, -0.2) is 5.78 Å².